The number of amides is 3. The molecular weight excluding hydrogens is 402 g/mol. The number of carbonyl (C=O) groups is 2. The Bertz CT molecular complexity index is 829. The summed E-state index contributed by atoms with van der Waals surface area (Å²) in [5.41, 5.74) is 5.91. The number of nitrogens with zero attached hydrogens (tertiary/aromatic N) is 4. The molecule has 4 N–H and O–H groups in total. The Morgan fingerprint density at radius 1 is 1.07 bits per heavy atom. The van der Waals surface area contributed by atoms with E-state index in [1.807, 2.05) is 30.3 Å². The third-order valence-corrected chi connectivity index (χ3v) is 5.74. The highest BCUT2D eigenvalue weighted by Crippen LogP contribution is 2.27. The summed E-state index contributed by atoms with van der Waals surface area (Å²) >= 11 is 1.50. The Hall–Kier alpha value is -2.85. The maximum Gasteiger partial charge on any atom is 0.319 e. The van der Waals surface area contributed by atoms with Crippen LogP contribution in [0.2, 0.25) is 0 Å². The van der Waals surface area contributed by atoms with Crippen LogP contribution < -0.4 is 21.3 Å². The maximum atomic E-state index is 12.3. The number of hydrogen-bond acceptors (Lipinski definition) is 7. The molecule has 3 amide bonds. The van der Waals surface area contributed by atoms with Crippen molar-refractivity contribution in [3.05, 3.63) is 42.7 Å². The molecule has 1 saturated heterocycles. The molecule has 1 aliphatic heterocycles. The summed E-state index contributed by atoms with van der Waals surface area (Å²) in [7, 11) is 0. The Balaban J connectivity index is 1.37. The number of benzene rings is 1. The molecule has 0 atom stereocenters. The highest BCUT2D eigenvalue weighted by Gasteiger charge is 2.18. The van der Waals surface area contributed by atoms with Crippen molar-refractivity contribution in [3.63, 3.8) is 0 Å². The van der Waals surface area contributed by atoms with E-state index in [4.69, 9.17) is 5.73 Å². The molecule has 30 heavy (non-hydrogen) atoms. The van der Waals surface area contributed by atoms with Crippen LogP contribution in [0.25, 0.3) is 0 Å². The minimum Gasteiger partial charge on any atom is -0.370 e. The molecule has 9 nitrogen and oxygen atoms in total. The van der Waals surface area contributed by atoms with Crippen LogP contribution in [0.5, 0.6) is 0 Å². The van der Waals surface area contributed by atoms with E-state index >= 15 is 0 Å². The molecule has 160 valence electrons. The number of rotatable bonds is 9. The van der Waals surface area contributed by atoms with Gasteiger partial charge in [0, 0.05) is 68.7 Å². The van der Waals surface area contributed by atoms with Crippen LogP contribution in [0.3, 0.4) is 0 Å². The first kappa shape index (κ1) is 21.8. The molecule has 1 aromatic heterocycles. The number of aromatic nitrogens is 2. The molecule has 1 aliphatic rings. The van der Waals surface area contributed by atoms with E-state index in [0.717, 1.165) is 49.3 Å². The van der Waals surface area contributed by atoms with Crippen molar-refractivity contribution in [1.82, 2.24) is 20.2 Å². The number of piperazine rings is 1. The van der Waals surface area contributed by atoms with Crippen LogP contribution in [0.4, 0.5) is 16.4 Å². The maximum absolute atomic E-state index is 12.3. The van der Waals surface area contributed by atoms with E-state index < -0.39 is 0 Å². The number of hydrogen-bond donors (Lipinski definition) is 3. The number of primary amides is 1. The topological polar surface area (TPSA) is 116 Å². The van der Waals surface area contributed by atoms with Gasteiger partial charge in [-0.3, -0.25) is 9.69 Å². The number of thioether (sulfide) groups is 1. The van der Waals surface area contributed by atoms with Crippen molar-refractivity contribution < 1.29 is 9.59 Å². The zero-order chi connectivity index (χ0) is 21.2. The fourth-order valence-corrected chi connectivity index (χ4v) is 4.05. The fourth-order valence-electron chi connectivity index (χ4n) is 3.08. The van der Waals surface area contributed by atoms with Crippen molar-refractivity contribution in [2.45, 2.75) is 11.3 Å². The summed E-state index contributed by atoms with van der Waals surface area (Å²) in [6, 6.07) is 9.09. The summed E-state index contributed by atoms with van der Waals surface area (Å²) in [6.07, 6.45) is 3.81. The highest BCUT2D eigenvalue weighted by atomic mass is 32.2. The summed E-state index contributed by atoms with van der Waals surface area (Å²) in [6.45, 7) is 4.89. The zero-order valence-corrected chi connectivity index (χ0v) is 17.6. The molecule has 0 bridgehead atoms. The van der Waals surface area contributed by atoms with Gasteiger partial charge in [0.1, 0.15) is 0 Å². The summed E-state index contributed by atoms with van der Waals surface area (Å²) in [5, 5.41) is 5.79. The number of nitrogens with one attached hydrogen (secondary N) is 2. The quantitative estimate of drug-likeness (QED) is 0.516. The highest BCUT2D eigenvalue weighted by molar-refractivity contribution is 7.99. The Morgan fingerprint density at radius 2 is 1.80 bits per heavy atom. The molecule has 0 aliphatic carbocycles. The van der Waals surface area contributed by atoms with Crippen molar-refractivity contribution in [2.24, 2.45) is 5.73 Å². The molecule has 0 saturated carbocycles. The van der Waals surface area contributed by atoms with Gasteiger partial charge in [0.25, 0.3) is 0 Å². The van der Waals surface area contributed by atoms with E-state index in [9.17, 15) is 9.59 Å². The number of para-hydroxylation sites is 1. The van der Waals surface area contributed by atoms with Gasteiger partial charge in [0.05, 0.1) is 5.69 Å². The van der Waals surface area contributed by atoms with Crippen molar-refractivity contribution >= 4 is 35.3 Å². The van der Waals surface area contributed by atoms with E-state index in [0.29, 0.717) is 18.7 Å². The van der Waals surface area contributed by atoms with Crippen LogP contribution in [0, 0.1) is 0 Å². The van der Waals surface area contributed by atoms with E-state index in [2.05, 4.69) is 30.4 Å². The summed E-state index contributed by atoms with van der Waals surface area (Å²) < 4.78 is 0. The van der Waals surface area contributed by atoms with Crippen LogP contribution in [0.15, 0.2) is 47.6 Å². The average molecular weight is 430 g/mol. The Labute approximate surface area is 180 Å². The van der Waals surface area contributed by atoms with Gasteiger partial charge in [-0.2, -0.15) is 0 Å². The van der Waals surface area contributed by atoms with E-state index in [1.165, 1.54) is 11.8 Å². The molecular formula is C20H27N7O2S. The van der Waals surface area contributed by atoms with Crippen LogP contribution in [-0.2, 0) is 4.79 Å². The third kappa shape index (κ3) is 6.89. The fraction of sp³-hybridized carbons (Fsp3) is 0.400. The minimum absolute atomic E-state index is 0.241. The monoisotopic (exact) mass is 429 g/mol. The number of carbonyl (C=O) groups excluding carboxylic acids is 2. The Morgan fingerprint density at radius 3 is 2.53 bits per heavy atom. The molecule has 0 spiro atoms. The van der Waals surface area contributed by atoms with Gasteiger partial charge in [-0.15, -0.1) is 11.8 Å². The van der Waals surface area contributed by atoms with E-state index in [1.54, 1.807) is 12.4 Å². The van der Waals surface area contributed by atoms with Crippen molar-refractivity contribution in [2.75, 3.05) is 55.2 Å². The Kier molecular flexibility index (Phi) is 8.28. The van der Waals surface area contributed by atoms with E-state index in [-0.39, 0.29) is 11.9 Å². The lowest BCUT2D eigenvalue weighted by Gasteiger charge is -2.34. The number of urea groups is 1. The molecule has 1 aromatic carbocycles. The normalized spacial score (nSPS) is 14.3. The second-order valence-corrected chi connectivity index (χ2v) is 7.96. The lowest BCUT2D eigenvalue weighted by Crippen LogP contribution is -2.49. The molecule has 0 radical (unpaired) electrons. The minimum atomic E-state index is -0.331. The third-order valence-electron chi connectivity index (χ3n) is 4.66. The van der Waals surface area contributed by atoms with Gasteiger partial charge < -0.3 is 21.3 Å². The molecule has 10 heteroatoms. The number of anilines is 2. The first-order chi connectivity index (χ1) is 14.6. The summed E-state index contributed by atoms with van der Waals surface area (Å²) in [4.78, 5) is 37.2. The SMILES string of the molecule is NC(=O)CCSc1ccccc1NC(=O)NCCN1CCN(c2ncccn2)CC1. The van der Waals surface area contributed by atoms with Crippen LogP contribution in [-0.4, -0.2) is 71.8 Å². The average Bonchev–Trinajstić information content (AvgIpc) is 2.76. The zero-order valence-electron chi connectivity index (χ0n) is 16.8. The second-order valence-electron chi connectivity index (χ2n) is 6.82. The summed E-state index contributed by atoms with van der Waals surface area (Å²) in [5.74, 6) is 1.01. The second kappa shape index (κ2) is 11.4. The van der Waals surface area contributed by atoms with Gasteiger partial charge in [-0.25, -0.2) is 14.8 Å². The van der Waals surface area contributed by atoms with Gasteiger partial charge in [0.2, 0.25) is 11.9 Å². The molecule has 2 heterocycles. The van der Waals surface area contributed by atoms with Crippen LogP contribution in [0.1, 0.15) is 6.42 Å². The predicted octanol–water partition coefficient (Wildman–Crippen LogP) is 1.39. The number of nitrogens with two attached hydrogens (primary N) is 1. The molecule has 3 rings (SSSR count). The largest absolute Gasteiger partial charge is 0.370 e. The van der Waals surface area contributed by atoms with Gasteiger partial charge in [-0.1, -0.05) is 12.1 Å². The predicted molar refractivity (Wildman–Crippen MR) is 119 cm³/mol. The first-order valence-electron chi connectivity index (χ1n) is 9.91. The van der Waals surface area contributed by atoms with Crippen molar-refractivity contribution in [1.29, 1.82) is 0 Å². The lowest BCUT2D eigenvalue weighted by molar-refractivity contribution is -0.117. The van der Waals surface area contributed by atoms with Crippen LogP contribution >= 0.6 is 11.8 Å². The van der Waals surface area contributed by atoms with Crippen molar-refractivity contribution in [3.8, 4) is 0 Å². The smallest absolute Gasteiger partial charge is 0.319 e. The lowest BCUT2D eigenvalue weighted by atomic mass is 10.3. The first-order valence-corrected chi connectivity index (χ1v) is 10.9. The van der Waals surface area contributed by atoms with Gasteiger partial charge >= 0.3 is 6.03 Å². The standard InChI is InChI=1S/C20H27N7O2S/c21-18(28)6-15-30-17-5-2-1-4-16(17)25-20(29)24-9-10-26-11-13-27(14-12-26)19-22-7-3-8-23-19/h1-5,7-8H,6,9-15H2,(H2,21,28)(H2,24,25,29). The molecule has 2 aromatic rings. The molecule has 0 unspecified atom stereocenters. The molecule has 1 fully saturated rings. The van der Waals surface area contributed by atoms with Gasteiger partial charge in [0.15, 0.2) is 0 Å². The van der Waals surface area contributed by atoms with Gasteiger partial charge in [-0.05, 0) is 18.2 Å².